The molecular weight excluding hydrogens is 324 g/mol. The summed E-state index contributed by atoms with van der Waals surface area (Å²) in [6, 6.07) is 2.01. The molecule has 0 aromatic carbocycles. The van der Waals surface area contributed by atoms with Crippen LogP contribution in [0.4, 0.5) is 11.6 Å². The molecule has 0 bridgehead atoms. The van der Waals surface area contributed by atoms with Crippen LogP contribution in [0.1, 0.15) is 24.8 Å². The Morgan fingerprint density at radius 2 is 1.88 bits per heavy atom. The van der Waals surface area contributed by atoms with Gasteiger partial charge in [0.2, 0.25) is 0 Å². The first-order chi connectivity index (χ1) is 12.2. The van der Waals surface area contributed by atoms with Gasteiger partial charge in [0.05, 0.1) is 19.3 Å². The zero-order chi connectivity index (χ0) is 17.2. The van der Waals surface area contributed by atoms with Gasteiger partial charge in [0, 0.05) is 32.7 Å². The number of aromatic nitrogens is 6. The predicted molar refractivity (Wildman–Crippen MR) is 89.2 cm³/mol. The van der Waals surface area contributed by atoms with E-state index in [-0.39, 0.29) is 12.2 Å². The molecule has 2 aliphatic heterocycles. The SMILES string of the molecule is Cn1nnnc1C1CN(c2cc(N3CCC(O)CC3)ncn2)CCO1. The van der Waals surface area contributed by atoms with Gasteiger partial charge in [0.15, 0.2) is 5.82 Å². The zero-order valence-corrected chi connectivity index (χ0v) is 14.2. The number of hydrogen-bond donors (Lipinski definition) is 1. The molecule has 2 aromatic heterocycles. The summed E-state index contributed by atoms with van der Waals surface area (Å²) in [5.41, 5.74) is 0. The third-order valence-electron chi connectivity index (χ3n) is 4.76. The summed E-state index contributed by atoms with van der Waals surface area (Å²) < 4.78 is 7.46. The summed E-state index contributed by atoms with van der Waals surface area (Å²) in [4.78, 5) is 13.2. The van der Waals surface area contributed by atoms with E-state index in [0.717, 1.165) is 44.1 Å². The second kappa shape index (κ2) is 6.89. The van der Waals surface area contributed by atoms with E-state index < -0.39 is 0 Å². The second-order valence-corrected chi connectivity index (χ2v) is 6.42. The van der Waals surface area contributed by atoms with Gasteiger partial charge in [0.25, 0.3) is 0 Å². The van der Waals surface area contributed by atoms with Crippen LogP contribution in [-0.2, 0) is 11.8 Å². The average Bonchev–Trinajstić information content (AvgIpc) is 3.09. The molecule has 10 nitrogen and oxygen atoms in total. The number of hydrogen-bond acceptors (Lipinski definition) is 9. The summed E-state index contributed by atoms with van der Waals surface area (Å²) in [5, 5.41) is 21.3. The van der Waals surface area contributed by atoms with Crippen molar-refractivity contribution < 1.29 is 9.84 Å². The van der Waals surface area contributed by atoms with Crippen molar-refractivity contribution in [3.63, 3.8) is 0 Å². The maximum atomic E-state index is 9.67. The van der Waals surface area contributed by atoms with E-state index in [2.05, 4.69) is 35.3 Å². The van der Waals surface area contributed by atoms with Crippen LogP contribution in [0.3, 0.4) is 0 Å². The number of aryl methyl sites for hydroxylation is 1. The molecule has 0 amide bonds. The van der Waals surface area contributed by atoms with E-state index in [1.165, 1.54) is 0 Å². The summed E-state index contributed by atoms with van der Waals surface area (Å²) in [5.74, 6) is 2.49. The summed E-state index contributed by atoms with van der Waals surface area (Å²) in [6.07, 6.45) is 2.77. The van der Waals surface area contributed by atoms with Crippen LogP contribution in [0.2, 0.25) is 0 Å². The molecule has 2 fully saturated rings. The lowest BCUT2D eigenvalue weighted by Gasteiger charge is -2.34. The van der Waals surface area contributed by atoms with E-state index in [1.54, 1.807) is 11.0 Å². The first kappa shape index (κ1) is 16.2. The number of piperidine rings is 1. The largest absolute Gasteiger partial charge is 0.393 e. The van der Waals surface area contributed by atoms with E-state index in [9.17, 15) is 5.11 Å². The molecule has 0 saturated carbocycles. The smallest absolute Gasteiger partial charge is 0.181 e. The number of aliphatic hydroxyl groups excluding tert-OH is 1. The van der Waals surface area contributed by atoms with Crippen molar-refractivity contribution in [2.24, 2.45) is 7.05 Å². The minimum absolute atomic E-state index is 0.183. The Bertz CT molecular complexity index is 715. The fourth-order valence-corrected chi connectivity index (χ4v) is 3.30. The quantitative estimate of drug-likeness (QED) is 0.790. The fraction of sp³-hybridized carbons (Fsp3) is 0.667. The Morgan fingerprint density at radius 1 is 1.12 bits per heavy atom. The number of morpholine rings is 1. The molecule has 4 heterocycles. The summed E-state index contributed by atoms with van der Waals surface area (Å²) >= 11 is 0. The van der Waals surface area contributed by atoms with Crippen LogP contribution in [0.25, 0.3) is 0 Å². The number of aliphatic hydroxyl groups is 1. The maximum Gasteiger partial charge on any atom is 0.181 e. The Kier molecular flexibility index (Phi) is 4.45. The molecule has 2 saturated heterocycles. The van der Waals surface area contributed by atoms with Crippen molar-refractivity contribution in [3.05, 3.63) is 18.2 Å². The number of ether oxygens (including phenoxy) is 1. The second-order valence-electron chi connectivity index (χ2n) is 6.42. The van der Waals surface area contributed by atoms with Crippen molar-refractivity contribution in [2.75, 3.05) is 42.6 Å². The first-order valence-electron chi connectivity index (χ1n) is 8.54. The predicted octanol–water partition coefficient (Wildman–Crippen LogP) is -0.461. The van der Waals surface area contributed by atoms with Crippen molar-refractivity contribution in [3.8, 4) is 0 Å². The van der Waals surface area contributed by atoms with Gasteiger partial charge < -0.3 is 19.6 Å². The van der Waals surface area contributed by atoms with Crippen LogP contribution in [0, 0.1) is 0 Å². The van der Waals surface area contributed by atoms with Gasteiger partial charge in [-0.1, -0.05) is 0 Å². The topological polar surface area (TPSA) is 105 Å². The highest BCUT2D eigenvalue weighted by molar-refractivity contribution is 5.50. The number of nitrogens with zero attached hydrogens (tertiary/aromatic N) is 8. The van der Waals surface area contributed by atoms with Gasteiger partial charge in [-0.05, 0) is 23.3 Å². The molecule has 4 rings (SSSR count). The number of rotatable bonds is 3. The molecule has 1 N–H and O–H groups in total. The standard InChI is InChI=1S/C15H22N8O2/c1-21-15(18-19-20-21)12-9-23(6-7-25-12)14-8-13(16-10-17-14)22-4-2-11(24)3-5-22/h8,10-12,24H,2-7,9H2,1H3. The molecule has 0 aliphatic carbocycles. The molecule has 2 aromatic rings. The lowest BCUT2D eigenvalue weighted by Crippen LogP contribution is -2.40. The van der Waals surface area contributed by atoms with Gasteiger partial charge in [-0.25, -0.2) is 14.6 Å². The van der Waals surface area contributed by atoms with Crippen molar-refractivity contribution in [2.45, 2.75) is 25.0 Å². The highest BCUT2D eigenvalue weighted by Crippen LogP contribution is 2.26. The molecule has 0 spiro atoms. The van der Waals surface area contributed by atoms with Crippen molar-refractivity contribution >= 4 is 11.6 Å². The minimum atomic E-state index is -0.197. The van der Waals surface area contributed by atoms with Crippen molar-refractivity contribution in [1.82, 2.24) is 30.2 Å². The lowest BCUT2D eigenvalue weighted by molar-refractivity contribution is 0.0313. The van der Waals surface area contributed by atoms with Gasteiger partial charge in [-0.3, -0.25) is 0 Å². The highest BCUT2D eigenvalue weighted by atomic mass is 16.5. The Balaban J connectivity index is 1.49. The molecule has 134 valence electrons. The lowest BCUT2D eigenvalue weighted by atomic mass is 10.1. The van der Waals surface area contributed by atoms with Crippen LogP contribution in [0.15, 0.2) is 12.4 Å². The highest BCUT2D eigenvalue weighted by Gasteiger charge is 2.27. The molecular formula is C15H22N8O2. The van der Waals surface area contributed by atoms with Crippen LogP contribution < -0.4 is 9.80 Å². The monoisotopic (exact) mass is 346 g/mol. The van der Waals surface area contributed by atoms with Gasteiger partial charge in [0.1, 0.15) is 24.1 Å². The first-order valence-corrected chi connectivity index (χ1v) is 8.54. The molecule has 2 aliphatic rings. The Labute approximate surface area is 145 Å². The summed E-state index contributed by atoms with van der Waals surface area (Å²) in [6.45, 7) is 3.62. The third-order valence-corrected chi connectivity index (χ3v) is 4.76. The van der Waals surface area contributed by atoms with E-state index in [0.29, 0.717) is 19.0 Å². The Morgan fingerprint density at radius 3 is 2.60 bits per heavy atom. The number of tetrazole rings is 1. The van der Waals surface area contributed by atoms with E-state index in [1.807, 2.05) is 13.1 Å². The van der Waals surface area contributed by atoms with Crippen LogP contribution >= 0.6 is 0 Å². The van der Waals surface area contributed by atoms with Crippen molar-refractivity contribution in [1.29, 1.82) is 0 Å². The van der Waals surface area contributed by atoms with Gasteiger partial charge in [-0.15, -0.1) is 5.10 Å². The third kappa shape index (κ3) is 3.40. The maximum absolute atomic E-state index is 9.67. The minimum Gasteiger partial charge on any atom is -0.393 e. The van der Waals surface area contributed by atoms with Crippen LogP contribution in [-0.4, -0.2) is 74.2 Å². The van der Waals surface area contributed by atoms with Gasteiger partial charge >= 0.3 is 0 Å². The average molecular weight is 346 g/mol. The molecule has 1 unspecified atom stereocenters. The Hall–Kier alpha value is -2.33. The molecule has 1 atom stereocenters. The van der Waals surface area contributed by atoms with E-state index in [4.69, 9.17) is 4.74 Å². The van der Waals surface area contributed by atoms with Gasteiger partial charge in [-0.2, -0.15) is 0 Å². The summed E-state index contributed by atoms with van der Waals surface area (Å²) in [7, 11) is 1.81. The zero-order valence-electron chi connectivity index (χ0n) is 14.2. The number of anilines is 2. The fourth-order valence-electron chi connectivity index (χ4n) is 3.30. The molecule has 0 radical (unpaired) electrons. The van der Waals surface area contributed by atoms with E-state index >= 15 is 0 Å². The normalized spacial score (nSPS) is 22.4. The van der Waals surface area contributed by atoms with Crippen LogP contribution in [0.5, 0.6) is 0 Å². The molecule has 10 heteroatoms. The molecule has 25 heavy (non-hydrogen) atoms.